The number of benzene rings is 3. The van der Waals surface area contributed by atoms with Crippen LogP contribution in [0.5, 0.6) is 0 Å². The van der Waals surface area contributed by atoms with Gasteiger partial charge in [0.05, 0.1) is 27.7 Å². The van der Waals surface area contributed by atoms with Gasteiger partial charge in [0.1, 0.15) is 11.6 Å². The van der Waals surface area contributed by atoms with Crippen molar-refractivity contribution in [3.8, 4) is 5.69 Å². The Hall–Kier alpha value is -3.51. The van der Waals surface area contributed by atoms with Gasteiger partial charge in [-0.3, -0.25) is 14.2 Å². The number of hydrogen-bond donors (Lipinski definition) is 0. The molecule has 5 nitrogen and oxygen atoms in total. The summed E-state index contributed by atoms with van der Waals surface area (Å²) >= 11 is 6.11. The standard InChI is InChI=1S/C29H27ClFN3O2/c1-2-26(33(28(35)20-12-13-20)17-16-19-8-4-3-5-9-19)27-32-25-11-7-6-10-22(25)29(36)34(27)21-14-15-24(31)23(30)18-21/h3-11,14-15,18,20,26H,2,12-13,16-17H2,1H3. The Morgan fingerprint density at radius 1 is 1.11 bits per heavy atom. The summed E-state index contributed by atoms with van der Waals surface area (Å²) in [5.74, 6) is -0.0188. The number of nitrogens with zero attached hydrogens (tertiary/aromatic N) is 3. The Labute approximate surface area is 214 Å². The molecule has 4 aromatic rings. The van der Waals surface area contributed by atoms with E-state index in [0.717, 1.165) is 18.4 Å². The first kappa shape index (κ1) is 24.2. The van der Waals surface area contributed by atoms with Crippen LogP contribution in [0.25, 0.3) is 16.6 Å². The minimum absolute atomic E-state index is 0.00992. The summed E-state index contributed by atoms with van der Waals surface area (Å²) in [6.45, 7) is 2.49. The molecular weight excluding hydrogens is 477 g/mol. The van der Waals surface area contributed by atoms with Crippen LogP contribution in [0.2, 0.25) is 5.02 Å². The molecule has 0 N–H and O–H groups in total. The molecule has 1 fully saturated rings. The predicted molar refractivity (Wildman–Crippen MR) is 140 cm³/mol. The molecule has 1 aromatic heterocycles. The molecule has 0 saturated heterocycles. The maximum Gasteiger partial charge on any atom is 0.266 e. The van der Waals surface area contributed by atoms with E-state index in [2.05, 4.69) is 0 Å². The van der Waals surface area contributed by atoms with E-state index >= 15 is 0 Å². The van der Waals surface area contributed by atoms with Crippen LogP contribution in [-0.2, 0) is 11.2 Å². The molecule has 1 aliphatic rings. The molecule has 1 heterocycles. The fourth-order valence-electron chi connectivity index (χ4n) is 4.67. The molecule has 0 aliphatic heterocycles. The number of halogens is 2. The summed E-state index contributed by atoms with van der Waals surface area (Å²) in [7, 11) is 0. The molecule has 1 amide bonds. The third-order valence-corrected chi connectivity index (χ3v) is 7.01. The lowest BCUT2D eigenvalue weighted by molar-refractivity contribution is -0.135. The summed E-state index contributed by atoms with van der Waals surface area (Å²) in [6, 6.07) is 20.9. The molecule has 36 heavy (non-hydrogen) atoms. The van der Waals surface area contributed by atoms with Gasteiger partial charge in [0.2, 0.25) is 5.91 Å². The van der Waals surface area contributed by atoms with Crippen LogP contribution in [0.1, 0.15) is 43.6 Å². The maximum absolute atomic E-state index is 14.0. The number of carbonyl (C=O) groups is 1. The lowest BCUT2D eigenvalue weighted by Crippen LogP contribution is -2.40. The molecule has 3 aromatic carbocycles. The number of carbonyl (C=O) groups excluding carboxylic acids is 1. The van der Waals surface area contributed by atoms with Crippen LogP contribution in [0.3, 0.4) is 0 Å². The summed E-state index contributed by atoms with van der Waals surface area (Å²) in [5, 5.41) is 0.363. The molecule has 1 aliphatic carbocycles. The number of hydrogen-bond acceptors (Lipinski definition) is 3. The van der Waals surface area contributed by atoms with Crippen molar-refractivity contribution in [1.29, 1.82) is 0 Å². The van der Waals surface area contributed by atoms with Crippen LogP contribution in [0, 0.1) is 11.7 Å². The minimum atomic E-state index is -0.566. The van der Waals surface area contributed by atoms with Gasteiger partial charge < -0.3 is 4.90 Å². The second-order valence-electron chi connectivity index (χ2n) is 9.19. The Morgan fingerprint density at radius 3 is 2.53 bits per heavy atom. The van der Waals surface area contributed by atoms with Crippen LogP contribution in [0.15, 0.2) is 77.6 Å². The molecule has 1 saturated carbocycles. The van der Waals surface area contributed by atoms with E-state index < -0.39 is 11.9 Å². The van der Waals surface area contributed by atoms with Crippen molar-refractivity contribution >= 4 is 28.4 Å². The van der Waals surface area contributed by atoms with Crippen molar-refractivity contribution in [2.75, 3.05) is 6.54 Å². The zero-order valence-electron chi connectivity index (χ0n) is 20.0. The Kier molecular flexibility index (Phi) is 6.88. The van der Waals surface area contributed by atoms with Gasteiger partial charge in [-0.1, -0.05) is 61.0 Å². The Balaban J connectivity index is 1.66. The van der Waals surface area contributed by atoms with E-state index in [1.165, 1.54) is 22.8 Å². The van der Waals surface area contributed by atoms with Crippen molar-refractivity contribution in [3.63, 3.8) is 0 Å². The lowest BCUT2D eigenvalue weighted by Gasteiger charge is -2.32. The number of para-hydroxylation sites is 1. The lowest BCUT2D eigenvalue weighted by atomic mass is 10.1. The normalized spacial score (nSPS) is 14.1. The molecule has 0 bridgehead atoms. The van der Waals surface area contributed by atoms with Crippen molar-refractivity contribution in [2.24, 2.45) is 5.92 Å². The molecule has 5 rings (SSSR count). The molecule has 7 heteroatoms. The fraction of sp³-hybridized carbons (Fsp3) is 0.276. The second kappa shape index (κ2) is 10.2. The number of aromatic nitrogens is 2. The van der Waals surface area contributed by atoms with E-state index in [9.17, 15) is 14.0 Å². The Bertz CT molecular complexity index is 1470. The fourth-order valence-corrected chi connectivity index (χ4v) is 4.84. The van der Waals surface area contributed by atoms with Crippen molar-refractivity contribution in [3.05, 3.63) is 105 Å². The highest BCUT2D eigenvalue weighted by atomic mass is 35.5. The zero-order chi connectivity index (χ0) is 25.2. The first-order valence-corrected chi connectivity index (χ1v) is 12.7. The second-order valence-corrected chi connectivity index (χ2v) is 9.60. The number of rotatable bonds is 8. The largest absolute Gasteiger partial charge is 0.332 e. The predicted octanol–water partition coefficient (Wildman–Crippen LogP) is 6.11. The van der Waals surface area contributed by atoms with Crippen LogP contribution < -0.4 is 5.56 Å². The van der Waals surface area contributed by atoms with Crippen molar-refractivity contribution < 1.29 is 9.18 Å². The highest BCUT2D eigenvalue weighted by molar-refractivity contribution is 6.30. The number of amides is 1. The summed E-state index contributed by atoms with van der Waals surface area (Å²) < 4.78 is 15.5. The molecular formula is C29H27ClFN3O2. The first-order valence-electron chi connectivity index (χ1n) is 12.3. The minimum Gasteiger partial charge on any atom is -0.332 e. The van der Waals surface area contributed by atoms with E-state index in [0.29, 0.717) is 41.8 Å². The molecule has 184 valence electrons. The molecule has 1 unspecified atom stereocenters. The topological polar surface area (TPSA) is 55.2 Å². The van der Waals surface area contributed by atoms with Gasteiger partial charge in [0.15, 0.2) is 0 Å². The average molecular weight is 504 g/mol. The first-order chi connectivity index (χ1) is 17.5. The van der Waals surface area contributed by atoms with Crippen LogP contribution in [-0.4, -0.2) is 26.9 Å². The highest BCUT2D eigenvalue weighted by Crippen LogP contribution is 2.35. The maximum atomic E-state index is 14.0. The van der Waals surface area contributed by atoms with E-state index in [4.69, 9.17) is 16.6 Å². The summed E-state index contributed by atoms with van der Waals surface area (Å²) in [5.41, 5.74) is 1.83. The zero-order valence-corrected chi connectivity index (χ0v) is 20.8. The highest BCUT2D eigenvalue weighted by Gasteiger charge is 2.37. The van der Waals surface area contributed by atoms with E-state index in [1.807, 2.05) is 48.2 Å². The number of fused-ring (bicyclic) bond motifs is 1. The quantitative estimate of drug-likeness (QED) is 0.291. The average Bonchev–Trinajstić information content (AvgIpc) is 3.74. The van der Waals surface area contributed by atoms with E-state index in [1.54, 1.807) is 18.2 Å². The third-order valence-electron chi connectivity index (χ3n) is 6.72. The smallest absolute Gasteiger partial charge is 0.266 e. The SMILES string of the molecule is CCC(c1nc2ccccc2c(=O)n1-c1ccc(F)c(Cl)c1)N(CCc1ccccc1)C(=O)C1CC1. The Morgan fingerprint density at radius 2 is 1.83 bits per heavy atom. The van der Waals surface area contributed by atoms with Gasteiger partial charge in [0.25, 0.3) is 5.56 Å². The molecule has 0 radical (unpaired) electrons. The van der Waals surface area contributed by atoms with E-state index in [-0.39, 0.29) is 22.4 Å². The summed E-state index contributed by atoms with van der Waals surface area (Å²) in [6.07, 6.45) is 3.01. The van der Waals surface area contributed by atoms with Crippen molar-refractivity contribution in [2.45, 2.75) is 38.6 Å². The third kappa shape index (κ3) is 4.78. The van der Waals surface area contributed by atoms with Gasteiger partial charge in [-0.15, -0.1) is 0 Å². The van der Waals surface area contributed by atoms with Crippen molar-refractivity contribution in [1.82, 2.24) is 14.5 Å². The molecule has 1 atom stereocenters. The molecule has 0 spiro atoms. The monoisotopic (exact) mass is 503 g/mol. The van der Waals surface area contributed by atoms with Gasteiger partial charge in [-0.2, -0.15) is 0 Å². The van der Waals surface area contributed by atoms with Crippen LogP contribution in [0.4, 0.5) is 4.39 Å². The van der Waals surface area contributed by atoms with Gasteiger partial charge in [-0.05, 0) is 61.6 Å². The van der Waals surface area contributed by atoms with Gasteiger partial charge >= 0.3 is 0 Å². The van der Waals surface area contributed by atoms with Gasteiger partial charge in [-0.25, -0.2) is 9.37 Å². The van der Waals surface area contributed by atoms with Crippen LogP contribution >= 0.6 is 11.6 Å². The van der Waals surface area contributed by atoms with Gasteiger partial charge in [0, 0.05) is 12.5 Å². The summed E-state index contributed by atoms with van der Waals surface area (Å²) in [4.78, 5) is 34.1.